The van der Waals surface area contributed by atoms with E-state index in [4.69, 9.17) is 0 Å². The Bertz CT molecular complexity index is 149. The van der Waals surface area contributed by atoms with E-state index in [9.17, 15) is 5.11 Å². The van der Waals surface area contributed by atoms with Crippen LogP contribution < -0.4 is 5.32 Å². The fourth-order valence-electron chi connectivity index (χ4n) is 2.22. The van der Waals surface area contributed by atoms with Crippen LogP contribution in [0.25, 0.3) is 0 Å². The fraction of sp³-hybridized carbons (Fsp3) is 1.00. The van der Waals surface area contributed by atoms with Gasteiger partial charge in [-0.2, -0.15) is 0 Å². The zero-order valence-electron chi connectivity index (χ0n) is 7.55. The van der Waals surface area contributed by atoms with Crippen LogP contribution in [-0.4, -0.2) is 48.3 Å². The topological polar surface area (TPSA) is 35.5 Å². The van der Waals surface area contributed by atoms with Gasteiger partial charge in [0.15, 0.2) is 0 Å². The summed E-state index contributed by atoms with van der Waals surface area (Å²) in [7, 11) is 0. The summed E-state index contributed by atoms with van der Waals surface area (Å²) in [6.45, 7) is 5.00. The predicted octanol–water partition coefficient (Wildman–Crippen LogP) is -0.193. The Balaban J connectivity index is 1.83. The van der Waals surface area contributed by atoms with Gasteiger partial charge >= 0.3 is 0 Å². The van der Waals surface area contributed by atoms with Crippen molar-refractivity contribution in [1.82, 2.24) is 10.2 Å². The number of hydrogen-bond donors (Lipinski definition) is 2. The van der Waals surface area contributed by atoms with Crippen LogP contribution in [0.2, 0.25) is 0 Å². The first kappa shape index (κ1) is 8.48. The van der Waals surface area contributed by atoms with E-state index in [1.165, 1.54) is 25.9 Å². The van der Waals surface area contributed by atoms with Gasteiger partial charge in [-0.3, -0.25) is 0 Å². The number of aliphatic hydroxyl groups is 1. The van der Waals surface area contributed by atoms with Gasteiger partial charge < -0.3 is 15.3 Å². The summed E-state index contributed by atoms with van der Waals surface area (Å²) in [5, 5.41) is 13.3. The fourth-order valence-corrected chi connectivity index (χ4v) is 2.22. The first-order valence-electron chi connectivity index (χ1n) is 4.94. The lowest BCUT2D eigenvalue weighted by Crippen LogP contribution is -2.43. The average Bonchev–Trinajstić information content (AvgIpc) is 2.62. The molecule has 12 heavy (non-hydrogen) atoms. The molecule has 2 N–H and O–H groups in total. The zero-order chi connectivity index (χ0) is 8.44. The summed E-state index contributed by atoms with van der Waals surface area (Å²) in [5.41, 5.74) is -0.426. The van der Waals surface area contributed by atoms with Crippen molar-refractivity contribution in [3.63, 3.8) is 0 Å². The van der Waals surface area contributed by atoms with Crippen molar-refractivity contribution in [3.05, 3.63) is 0 Å². The third-order valence-corrected chi connectivity index (χ3v) is 2.94. The Morgan fingerprint density at radius 2 is 2.08 bits per heavy atom. The maximum absolute atomic E-state index is 10.0. The minimum absolute atomic E-state index is 0.426. The minimum Gasteiger partial charge on any atom is -0.387 e. The average molecular weight is 170 g/mol. The van der Waals surface area contributed by atoms with E-state index < -0.39 is 5.60 Å². The van der Waals surface area contributed by atoms with Gasteiger partial charge in [0.25, 0.3) is 0 Å². The summed E-state index contributed by atoms with van der Waals surface area (Å²) in [6, 6.07) is 0. The van der Waals surface area contributed by atoms with Gasteiger partial charge in [-0.15, -0.1) is 0 Å². The van der Waals surface area contributed by atoms with Crippen LogP contribution in [0.5, 0.6) is 0 Å². The molecule has 0 unspecified atom stereocenters. The SMILES string of the molecule is O[C@]1(CN2CCCC2)CCNC1. The van der Waals surface area contributed by atoms with E-state index in [1.807, 2.05) is 0 Å². The maximum Gasteiger partial charge on any atom is 0.0909 e. The highest BCUT2D eigenvalue weighted by atomic mass is 16.3. The van der Waals surface area contributed by atoms with Gasteiger partial charge in [-0.1, -0.05) is 0 Å². The highest BCUT2D eigenvalue weighted by molar-refractivity contribution is 4.91. The van der Waals surface area contributed by atoms with Crippen LogP contribution in [0.3, 0.4) is 0 Å². The highest BCUT2D eigenvalue weighted by Crippen LogP contribution is 2.18. The first-order valence-corrected chi connectivity index (χ1v) is 4.94. The molecule has 3 heteroatoms. The molecule has 70 valence electrons. The van der Waals surface area contributed by atoms with Gasteiger partial charge in [0.05, 0.1) is 5.60 Å². The van der Waals surface area contributed by atoms with Crippen molar-refractivity contribution < 1.29 is 5.11 Å². The van der Waals surface area contributed by atoms with E-state index in [-0.39, 0.29) is 0 Å². The van der Waals surface area contributed by atoms with Gasteiger partial charge in [-0.25, -0.2) is 0 Å². The van der Waals surface area contributed by atoms with Gasteiger partial charge in [0.1, 0.15) is 0 Å². The Morgan fingerprint density at radius 1 is 1.33 bits per heavy atom. The zero-order valence-corrected chi connectivity index (χ0v) is 7.55. The first-order chi connectivity index (χ1) is 5.79. The standard InChI is InChI=1S/C9H18N2O/c12-9(3-4-10-7-9)8-11-5-1-2-6-11/h10,12H,1-8H2/t9-/m1/s1. The molecule has 0 amide bonds. The minimum atomic E-state index is -0.426. The molecule has 0 bridgehead atoms. The molecule has 2 heterocycles. The second kappa shape index (κ2) is 3.32. The molecule has 0 spiro atoms. The predicted molar refractivity (Wildman–Crippen MR) is 48.1 cm³/mol. The molecule has 3 nitrogen and oxygen atoms in total. The van der Waals surface area contributed by atoms with Gasteiger partial charge in [0.2, 0.25) is 0 Å². The lowest BCUT2D eigenvalue weighted by atomic mass is 10.0. The summed E-state index contributed by atoms with van der Waals surface area (Å²) in [5.74, 6) is 0. The van der Waals surface area contributed by atoms with Crippen LogP contribution in [-0.2, 0) is 0 Å². The third-order valence-electron chi connectivity index (χ3n) is 2.94. The molecule has 2 fully saturated rings. The van der Waals surface area contributed by atoms with Crippen molar-refractivity contribution in [1.29, 1.82) is 0 Å². The van der Waals surface area contributed by atoms with Gasteiger partial charge in [-0.05, 0) is 38.9 Å². The van der Waals surface area contributed by atoms with Crippen molar-refractivity contribution in [3.8, 4) is 0 Å². The molecule has 0 aliphatic carbocycles. The molecule has 2 saturated heterocycles. The second-order valence-electron chi connectivity index (χ2n) is 4.13. The van der Waals surface area contributed by atoms with Crippen LogP contribution in [0.1, 0.15) is 19.3 Å². The Labute approximate surface area is 73.8 Å². The Morgan fingerprint density at radius 3 is 2.67 bits per heavy atom. The molecule has 2 rings (SSSR count). The summed E-state index contributed by atoms with van der Waals surface area (Å²) < 4.78 is 0. The maximum atomic E-state index is 10.0. The number of nitrogens with one attached hydrogen (secondary N) is 1. The molecule has 0 aromatic carbocycles. The normalized spacial score (nSPS) is 37.8. The molecular formula is C9H18N2O. The van der Waals surface area contributed by atoms with E-state index in [0.29, 0.717) is 0 Å². The monoisotopic (exact) mass is 170 g/mol. The molecule has 1 atom stereocenters. The molecule has 0 aromatic heterocycles. The number of hydrogen-bond acceptors (Lipinski definition) is 3. The molecular weight excluding hydrogens is 152 g/mol. The van der Waals surface area contributed by atoms with Crippen LogP contribution in [0.4, 0.5) is 0 Å². The number of rotatable bonds is 2. The van der Waals surface area contributed by atoms with Crippen LogP contribution in [0, 0.1) is 0 Å². The molecule has 0 aromatic rings. The lowest BCUT2D eigenvalue weighted by molar-refractivity contribution is 0.0277. The van der Waals surface area contributed by atoms with Crippen LogP contribution >= 0.6 is 0 Å². The van der Waals surface area contributed by atoms with Crippen molar-refractivity contribution in [2.75, 3.05) is 32.7 Å². The van der Waals surface area contributed by atoms with Crippen molar-refractivity contribution in [2.24, 2.45) is 0 Å². The quantitative estimate of drug-likeness (QED) is 0.603. The van der Waals surface area contributed by atoms with E-state index in [0.717, 1.165) is 26.1 Å². The molecule has 0 saturated carbocycles. The summed E-state index contributed by atoms with van der Waals surface area (Å²) in [6.07, 6.45) is 3.54. The summed E-state index contributed by atoms with van der Waals surface area (Å²) >= 11 is 0. The second-order valence-corrected chi connectivity index (χ2v) is 4.13. The molecule has 2 aliphatic heterocycles. The van der Waals surface area contributed by atoms with Crippen molar-refractivity contribution in [2.45, 2.75) is 24.9 Å². The van der Waals surface area contributed by atoms with E-state index in [2.05, 4.69) is 10.2 Å². The van der Waals surface area contributed by atoms with E-state index in [1.54, 1.807) is 0 Å². The van der Waals surface area contributed by atoms with Crippen LogP contribution in [0.15, 0.2) is 0 Å². The summed E-state index contributed by atoms with van der Waals surface area (Å²) in [4.78, 5) is 2.38. The number of β-amino-alcohol motifs (C(OH)–C–C–N with tert-alkyl or cyclic N) is 1. The molecule has 2 aliphatic rings. The molecule has 0 radical (unpaired) electrons. The van der Waals surface area contributed by atoms with Crippen molar-refractivity contribution >= 4 is 0 Å². The highest BCUT2D eigenvalue weighted by Gasteiger charge is 2.33. The van der Waals surface area contributed by atoms with Gasteiger partial charge in [0, 0.05) is 13.1 Å². The lowest BCUT2D eigenvalue weighted by Gasteiger charge is -2.27. The number of nitrogens with zero attached hydrogens (tertiary/aromatic N) is 1. The van der Waals surface area contributed by atoms with E-state index >= 15 is 0 Å². The smallest absolute Gasteiger partial charge is 0.0909 e. The number of likely N-dealkylation sites (tertiary alicyclic amines) is 1. The third kappa shape index (κ3) is 1.79. The Kier molecular flexibility index (Phi) is 2.35. The Hall–Kier alpha value is -0.120. The largest absolute Gasteiger partial charge is 0.387 e.